The molecule has 7 nitrogen and oxygen atoms in total. The number of nitrogens with two attached hydrogens (primary N) is 1. The topological polar surface area (TPSA) is 107 Å². The van der Waals surface area contributed by atoms with Crippen LogP contribution in [0.25, 0.3) is 0 Å². The number of anilines is 1. The summed E-state index contributed by atoms with van der Waals surface area (Å²) < 4.78 is 4.50. The van der Waals surface area contributed by atoms with Gasteiger partial charge in [-0.1, -0.05) is 0 Å². The van der Waals surface area contributed by atoms with Crippen molar-refractivity contribution in [3.63, 3.8) is 0 Å². The molecule has 0 fully saturated rings. The van der Waals surface area contributed by atoms with Crippen LogP contribution >= 0.6 is 11.8 Å². The zero-order valence-corrected chi connectivity index (χ0v) is 10.5. The minimum atomic E-state index is -0.477. The maximum absolute atomic E-state index is 10.9. The minimum Gasteiger partial charge on any atom is -0.468 e. The first-order chi connectivity index (χ1) is 8.58. The van der Waals surface area contributed by atoms with Gasteiger partial charge < -0.3 is 10.2 Å². The van der Waals surface area contributed by atoms with Crippen LogP contribution in [0.1, 0.15) is 5.56 Å². The molecule has 0 bridgehead atoms. The van der Waals surface area contributed by atoms with Gasteiger partial charge in [0.15, 0.2) is 0 Å². The van der Waals surface area contributed by atoms with Crippen LogP contribution in [0.3, 0.4) is 0 Å². The summed E-state index contributed by atoms with van der Waals surface area (Å²) in [6.45, 7) is 0. The van der Waals surface area contributed by atoms with E-state index in [4.69, 9.17) is 5.84 Å². The first-order valence-electron chi connectivity index (χ1n) is 4.97. The van der Waals surface area contributed by atoms with E-state index < -0.39 is 4.92 Å². The molecule has 0 saturated carbocycles. The number of nitrogen functional groups attached to an aromatic ring is 1. The highest BCUT2D eigenvalue weighted by atomic mass is 32.2. The number of non-ortho nitro benzene ring substituents is 1. The molecular formula is C10H13N3O4S. The highest BCUT2D eigenvalue weighted by Gasteiger charge is 2.11. The number of hydrazine groups is 1. The van der Waals surface area contributed by atoms with Crippen LogP contribution in [0.15, 0.2) is 18.2 Å². The standard InChI is InChI=1S/C10H13N3O4S/c1-17-10(14)6-18-5-7-4-8(13(15)16)2-3-9(7)12-11/h2-4,12H,5-6,11H2,1H3. The lowest BCUT2D eigenvalue weighted by atomic mass is 10.2. The fourth-order valence-corrected chi connectivity index (χ4v) is 2.10. The van der Waals surface area contributed by atoms with Crippen molar-refractivity contribution in [2.75, 3.05) is 18.3 Å². The van der Waals surface area contributed by atoms with Gasteiger partial charge in [-0.15, -0.1) is 11.8 Å². The van der Waals surface area contributed by atoms with Crippen molar-refractivity contribution in [3.05, 3.63) is 33.9 Å². The number of ether oxygens (including phenoxy) is 1. The number of rotatable bonds is 6. The molecule has 8 heteroatoms. The van der Waals surface area contributed by atoms with E-state index in [0.717, 1.165) is 0 Å². The summed E-state index contributed by atoms with van der Waals surface area (Å²) in [5, 5.41) is 10.7. The lowest BCUT2D eigenvalue weighted by Gasteiger charge is -2.08. The van der Waals surface area contributed by atoms with E-state index in [0.29, 0.717) is 17.0 Å². The molecule has 98 valence electrons. The first kappa shape index (κ1) is 14.3. The Kier molecular flexibility index (Phi) is 5.40. The van der Waals surface area contributed by atoms with Gasteiger partial charge in [0.2, 0.25) is 0 Å². The van der Waals surface area contributed by atoms with Crippen LogP contribution in [0, 0.1) is 10.1 Å². The molecule has 0 unspecified atom stereocenters. The van der Waals surface area contributed by atoms with Gasteiger partial charge in [0.05, 0.1) is 23.5 Å². The maximum Gasteiger partial charge on any atom is 0.315 e. The van der Waals surface area contributed by atoms with Gasteiger partial charge in [-0.05, 0) is 11.6 Å². The van der Waals surface area contributed by atoms with Gasteiger partial charge >= 0.3 is 5.97 Å². The Hall–Kier alpha value is -1.80. The molecule has 0 aliphatic rings. The second-order valence-corrected chi connectivity index (χ2v) is 4.30. The molecule has 0 aliphatic carbocycles. The molecule has 0 amide bonds. The van der Waals surface area contributed by atoms with Crippen molar-refractivity contribution in [1.82, 2.24) is 0 Å². The van der Waals surface area contributed by atoms with Crippen molar-refractivity contribution in [1.29, 1.82) is 0 Å². The monoisotopic (exact) mass is 271 g/mol. The number of carbonyl (C=O) groups is 1. The van der Waals surface area contributed by atoms with Crippen molar-refractivity contribution >= 4 is 29.1 Å². The largest absolute Gasteiger partial charge is 0.468 e. The van der Waals surface area contributed by atoms with Crippen molar-refractivity contribution in [2.24, 2.45) is 5.84 Å². The highest BCUT2D eigenvalue weighted by Crippen LogP contribution is 2.25. The van der Waals surface area contributed by atoms with E-state index in [-0.39, 0.29) is 17.4 Å². The maximum atomic E-state index is 10.9. The molecule has 3 N–H and O–H groups in total. The van der Waals surface area contributed by atoms with E-state index in [1.807, 2.05) is 0 Å². The number of hydrogen-bond donors (Lipinski definition) is 2. The number of carbonyl (C=O) groups excluding carboxylic acids is 1. The summed E-state index contributed by atoms with van der Waals surface area (Å²) >= 11 is 1.30. The number of nitro groups is 1. The van der Waals surface area contributed by atoms with Gasteiger partial charge in [0.1, 0.15) is 0 Å². The summed E-state index contributed by atoms with van der Waals surface area (Å²) in [4.78, 5) is 21.1. The van der Waals surface area contributed by atoms with Crippen LogP contribution in [0.2, 0.25) is 0 Å². The number of benzene rings is 1. The van der Waals surface area contributed by atoms with Gasteiger partial charge in [-0.3, -0.25) is 20.8 Å². The van der Waals surface area contributed by atoms with Gasteiger partial charge in [0.25, 0.3) is 5.69 Å². The number of esters is 1. The molecule has 0 spiro atoms. The zero-order valence-electron chi connectivity index (χ0n) is 9.71. The average Bonchev–Trinajstić information content (AvgIpc) is 2.38. The lowest BCUT2D eigenvalue weighted by Crippen LogP contribution is -2.09. The normalized spacial score (nSPS) is 9.89. The van der Waals surface area contributed by atoms with Crippen LogP contribution in [0.4, 0.5) is 11.4 Å². The number of nitrogens with one attached hydrogen (secondary N) is 1. The molecule has 0 aliphatic heterocycles. The molecule has 0 aromatic heterocycles. The van der Waals surface area contributed by atoms with Crippen molar-refractivity contribution < 1.29 is 14.5 Å². The number of methoxy groups -OCH3 is 1. The SMILES string of the molecule is COC(=O)CSCc1cc([N+](=O)[O-])ccc1NN. The van der Waals surface area contributed by atoms with E-state index in [1.54, 1.807) is 0 Å². The Morgan fingerprint density at radius 2 is 2.33 bits per heavy atom. The molecule has 0 heterocycles. The van der Waals surface area contributed by atoms with Gasteiger partial charge in [-0.2, -0.15) is 0 Å². The third-order valence-electron chi connectivity index (χ3n) is 2.16. The predicted molar refractivity (Wildman–Crippen MR) is 69.1 cm³/mol. The third-order valence-corrected chi connectivity index (χ3v) is 3.12. The van der Waals surface area contributed by atoms with Crippen molar-refractivity contribution in [3.8, 4) is 0 Å². The fourth-order valence-electron chi connectivity index (χ4n) is 1.26. The number of hydrogen-bond acceptors (Lipinski definition) is 7. The fraction of sp³-hybridized carbons (Fsp3) is 0.300. The molecule has 1 aromatic rings. The summed E-state index contributed by atoms with van der Waals surface area (Å²) in [7, 11) is 1.31. The number of thioether (sulfide) groups is 1. The molecule has 0 atom stereocenters. The van der Waals surface area contributed by atoms with E-state index in [9.17, 15) is 14.9 Å². The molecule has 0 saturated heterocycles. The second kappa shape index (κ2) is 6.82. The van der Waals surface area contributed by atoms with Gasteiger partial charge in [-0.25, -0.2) is 0 Å². The van der Waals surface area contributed by atoms with E-state index in [1.165, 1.54) is 37.1 Å². The zero-order chi connectivity index (χ0) is 13.5. The molecule has 0 radical (unpaired) electrons. The Labute approximate surface area is 108 Å². The molecule has 1 rings (SSSR count). The van der Waals surface area contributed by atoms with Crippen LogP contribution in [-0.2, 0) is 15.3 Å². The molecular weight excluding hydrogens is 258 g/mol. The highest BCUT2D eigenvalue weighted by molar-refractivity contribution is 7.99. The summed E-state index contributed by atoms with van der Waals surface area (Å²) in [5.41, 5.74) is 3.71. The first-order valence-corrected chi connectivity index (χ1v) is 6.12. The van der Waals surface area contributed by atoms with Crippen LogP contribution in [0.5, 0.6) is 0 Å². The van der Waals surface area contributed by atoms with E-state index in [2.05, 4.69) is 10.2 Å². The molecule has 18 heavy (non-hydrogen) atoms. The second-order valence-electron chi connectivity index (χ2n) is 3.31. The van der Waals surface area contributed by atoms with Crippen molar-refractivity contribution in [2.45, 2.75) is 5.75 Å². The predicted octanol–water partition coefficient (Wildman–Crippen LogP) is 1.29. The van der Waals surface area contributed by atoms with E-state index >= 15 is 0 Å². The van der Waals surface area contributed by atoms with Gasteiger partial charge in [0, 0.05) is 17.9 Å². The Bertz CT molecular complexity index is 453. The number of nitrogens with zero attached hydrogens (tertiary/aromatic N) is 1. The van der Waals surface area contributed by atoms with Crippen LogP contribution < -0.4 is 11.3 Å². The Morgan fingerprint density at radius 3 is 2.89 bits per heavy atom. The summed E-state index contributed by atoms with van der Waals surface area (Å²) in [5.74, 6) is 5.58. The quantitative estimate of drug-likeness (QED) is 0.347. The summed E-state index contributed by atoms with van der Waals surface area (Å²) in [6.07, 6.45) is 0. The lowest BCUT2D eigenvalue weighted by molar-refractivity contribution is -0.384. The molecule has 1 aromatic carbocycles. The Morgan fingerprint density at radius 1 is 1.61 bits per heavy atom. The third kappa shape index (κ3) is 3.90. The smallest absolute Gasteiger partial charge is 0.315 e. The summed E-state index contributed by atoms with van der Waals surface area (Å²) in [6, 6.07) is 4.33. The average molecular weight is 271 g/mol. The van der Waals surface area contributed by atoms with Crippen LogP contribution in [-0.4, -0.2) is 23.8 Å². The minimum absolute atomic E-state index is 0.0114. The number of nitro benzene ring substituents is 1. The Balaban J connectivity index is 2.75.